The number of hydrogen-bond acceptors (Lipinski definition) is 2. The first-order valence-electron chi connectivity index (χ1n) is 1.50. The van der Waals surface area contributed by atoms with Gasteiger partial charge in [0.05, 0.1) is 0 Å². The fraction of sp³-hybridized carbons (Fsp3) is 0.667. The van der Waals surface area contributed by atoms with Gasteiger partial charge in [-0.2, -0.15) is 0 Å². The molecule has 0 aliphatic rings. The number of alkyl halides is 1. The second-order valence-corrected chi connectivity index (χ2v) is 1.51. The molecule has 0 fully saturated rings. The molecule has 0 radical (unpaired) electrons. The lowest BCUT2D eigenvalue weighted by molar-refractivity contribution is -0.113. The first kappa shape index (κ1) is 6.11. The van der Waals surface area contributed by atoms with Crippen LogP contribution in [0.15, 0.2) is 0 Å². The van der Waals surface area contributed by atoms with E-state index in [9.17, 15) is 4.79 Å². The third-order valence-corrected chi connectivity index (χ3v) is 0.979. The number of rotatable bonds is 2. The Morgan fingerprint density at radius 3 is 2.50 bits per heavy atom. The predicted molar refractivity (Wildman–Crippen MR) is 25.9 cm³/mol. The van der Waals surface area contributed by atoms with Crippen molar-refractivity contribution in [2.24, 2.45) is 0 Å². The van der Waals surface area contributed by atoms with Gasteiger partial charge in [0.1, 0.15) is 12.4 Å². The van der Waals surface area contributed by atoms with Crippen LogP contribution in [-0.4, -0.2) is 22.8 Å². The highest BCUT2D eigenvalue weighted by molar-refractivity contribution is 9.09. The molecule has 2 nitrogen and oxygen atoms in total. The van der Waals surface area contributed by atoms with E-state index in [4.69, 9.17) is 5.11 Å². The zero-order valence-corrected chi connectivity index (χ0v) is 4.68. The average molecular weight is 153 g/mol. The van der Waals surface area contributed by atoms with Gasteiger partial charge in [-0.05, 0) is 0 Å². The molecule has 6 heavy (non-hydrogen) atoms. The molecule has 0 amide bonds. The van der Waals surface area contributed by atoms with E-state index in [1.54, 1.807) is 0 Å². The highest BCUT2D eigenvalue weighted by Crippen LogP contribution is 1.82. The van der Waals surface area contributed by atoms with Gasteiger partial charge >= 0.3 is 0 Å². The van der Waals surface area contributed by atoms with Crippen molar-refractivity contribution in [3.05, 3.63) is 0 Å². The summed E-state index contributed by atoms with van der Waals surface area (Å²) in [4.78, 5) is 9.46. The smallest absolute Gasteiger partial charge is 0.149 e. The second kappa shape index (κ2) is 3.31. The lowest BCUT2D eigenvalue weighted by Crippen LogP contribution is -2.07. The number of aldehydes is 1. The average Bonchev–Trinajstić information content (AvgIpc) is 1.65. The first-order valence-corrected chi connectivity index (χ1v) is 2.62. The number of hydrogen-bond donors (Lipinski definition) is 1. The van der Waals surface area contributed by atoms with E-state index in [0.717, 1.165) is 0 Å². The van der Waals surface area contributed by atoms with E-state index in [1.807, 2.05) is 0 Å². The number of aliphatic hydroxyl groups excluding tert-OH is 1. The Morgan fingerprint density at radius 2 is 2.50 bits per heavy atom. The Labute approximate surface area is 44.3 Å². The fourth-order valence-electron chi connectivity index (χ4n) is 0.0364. The molecule has 0 aromatic carbocycles. The quantitative estimate of drug-likeness (QED) is 0.445. The maximum atomic E-state index is 9.46. The Bertz CT molecular complexity index is 46.1. The standard InChI is InChI=1S/C3H5BrO2/c4-1-3(6)2-5/h2-3,6H,1H2/t3-/m0/s1. The monoisotopic (exact) mass is 152 g/mol. The molecule has 0 saturated heterocycles. The van der Waals surface area contributed by atoms with Crippen LogP contribution in [0, 0.1) is 0 Å². The highest BCUT2D eigenvalue weighted by Gasteiger charge is 1.92. The van der Waals surface area contributed by atoms with Gasteiger partial charge in [0.25, 0.3) is 0 Å². The van der Waals surface area contributed by atoms with E-state index in [1.165, 1.54) is 0 Å². The van der Waals surface area contributed by atoms with Gasteiger partial charge in [0.15, 0.2) is 0 Å². The molecule has 3 heteroatoms. The van der Waals surface area contributed by atoms with Crippen LogP contribution in [-0.2, 0) is 4.79 Å². The maximum absolute atomic E-state index is 9.46. The molecule has 0 unspecified atom stereocenters. The van der Waals surface area contributed by atoms with E-state index >= 15 is 0 Å². The molecule has 1 atom stereocenters. The minimum Gasteiger partial charge on any atom is -0.385 e. The van der Waals surface area contributed by atoms with Gasteiger partial charge in [-0.15, -0.1) is 0 Å². The Morgan fingerprint density at radius 1 is 2.00 bits per heavy atom. The van der Waals surface area contributed by atoms with Crippen LogP contribution in [0.1, 0.15) is 0 Å². The largest absolute Gasteiger partial charge is 0.385 e. The molecule has 0 aliphatic heterocycles. The topological polar surface area (TPSA) is 37.3 Å². The summed E-state index contributed by atoms with van der Waals surface area (Å²) in [6.07, 6.45) is -0.348. The van der Waals surface area contributed by atoms with Crippen molar-refractivity contribution in [2.45, 2.75) is 6.10 Å². The van der Waals surface area contributed by atoms with Gasteiger partial charge < -0.3 is 9.90 Å². The minimum absolute atomic E-state index is 0.330. The minimum atomic E-state index is -0.829. The number of carbonyl (C=O) groups is 1. The maximum Gasteiger partial charge on any atom is 0.149 e. The van der Waals surface area contributed by atoms with E-state index in [0.29, 0.717) is 11.6 Å². The molecule has 36 valence electrons. The normalized spacial score (nSPS) is 13.7. The molecule has 0 aromatic heterocycles. The van der Waals surface area contributed by atoms with Crippen molar-refractivity contribution in [1.82, 2.24) is 0 Å². The molecule has 0 spiro atoms. The summed E-state index contributed by atoms with van der Waals surface area (Å²) in [5.41, 5.74) is 0. The van der Waals surface area contributed by atoms with Crippen molar-refractivity contribution in [1.29, 1.82) is 0 Å². The van der Waals surface area contributed by atoms with Crippen LogP contribution >= 0.6 is 15.9 Å². The number of halogens is 1. The van der Waals surface area contributed by atoms with Gasteiger partial charge in [-0.1, -0.05) is 15.9 Å². The molecule has 0 aliphatic carbocycles. The van der Waals surface area contributed by atoms with Crippen molar-refractivity contribution in [2.75, 3.05) is 5.33 Å². The highest BCUT2D eigenvalue weighted by atomic mass is 79.9. The molecule has 0 bridgehead atoms. The summed E-state index contributed by atoms with van der Waals surface area (Å²) in [5.74, 6) is 0. The lowest BCUT2D eigenvalue weighted by atomic mass is 10.5. The second-order valence-electron chi connectivity index (χ2n) is 0.858. The zero-order valence-electron chi connectivity index (χ0n) is 3.10. The molecule has 1 N–H and O–H groups in total. The molecule has 0 rings (SSSR count). The van der Waals surface area contributed by atoms with Crippen LogP contribution in [0.5, 0.6) is 0 Å². The van der Waals surface area contributed by atoms with Gasteiger partial charge in [-0.25, -0.2) is 0 Å². The van der Waals surface area contributed by atoms with Gasteiger partial charge in [-0.3, -0.25) is 0 Å². The summed E-state index contributed by atoms with van der Waals surface area (Å²) >= 11 is 2.89. The summed E-state index contributed by atoms with van der Waals surface area (Å²) < 4.78 is 0. The van der Waals surface area contributed by atoms with Gasteiger partial charge in [0, 0.05) is 5.33 Å². The van der Waals surface area contributed by atoms with Gasteiger partial charge in [0.2, 0.25) is 0 Å². The third-order valence-electron chi connectivity index (χ3n) is 0.315. The van der Waals surface area contributed by atoms with Crippen molar-refractivity contribution in [3.63, 3.8) is 0 Å². The Kier molecular flexibility index (Phi) is 3.37. The van der Waals surface area contributed by atoms with Crippen molar-refractivity contribution >= 4 is 22.2 Å². The summed E-state index contributed by atoms with van der Waals surface area (Å²) in [5, 5.41) is 8.58. The number of aliphatic hydroxyl groups is 1. The van der Waals surface area contributed by atoms with E-state index < -0.39 is 6.10 Å². The van der Waals surface area contributed by atoms with Crippen LogP contribution in [0.2, 0.25) is 0 Å². The van der Waals surface area contributed by atoms with E-state index in [-0.39, 0.29) is 0 Å². The summed E-state index contributed by atoms with van der Waals surface area (Å²) in [7, 11) is 0. The van der Waals surface area contributed by atoms with Crippen LogP contribution < -0.4 is 0 Å². The molecular weight excluding hydrogens is 148 g/mol. The van der Waals surface area contributed by atoms with Crippen LogP contribution in [0.3, 0.4) is 0 Å². The third kappa shape index (κ3) is 2.35. The summed E-state index contributed by atoms with van der Waals surface area (Å²) in [6, 6.07) is 0. The first-order chi connectivity index (χ1) is 2.81. The fourth-order valence-corrected chi connectivity index (χ4v) is 0.189. The zero-order chi connectivity index (χ0) is 4.99. The van der Waals surface area contributed by atoms with E-state index in [2.05, 4.69) is 15.9 Å². The molecule has 0 heterocycles. The number of carbonyl (C=O) groups excluding carboxylic acids is 1. The van der Waals surface area contributed by atoms with Crippen LogP contribution in [0.25, 0.3) is 0 Å². The molecule has 0 aromatic rings. The molecular formula is C3H5BrO2. The predicted octanol–water partition coefficient (Wildman–Crippen LogP) is -0.0589. The van der Waals surface area contributed by atoms with Crippen molar-refractivity contribution in [3.8, 4) is 0 Å². The van der Waals surface area contributed by atoms with Crippen LogP contribution in [0.4, 0.5) is 0 Å². The Balaban J connectivity index is 2.96. The Hall–Kier alpha value is 0.110. The SMILES string of the molecule is O=C[C@@H](O)CBr. The summed E-state index contributed by atoms with van der Waals surface area (Å²) in [6.45, 7) is 0. The lowest BCUT2D eigenvalue weighted by Gasteiger charge is -1.88. The molecule has 0 saturated carbocycles. The van der Waals surface area contributed by atoms with Crippen molar-refractivity contribution < 1.29 is 9.90 Å².